The van der Waals surface area contributed by atoms with Crippen LogP contribution in [0.3, 0.4) is 0 Å². The van der Waals surface area contributed by atoms with Gasteiger partial charge >= 0.3 is 0 Å². The van der Waals surface area contributed by atoms with Crippen LogP contribution in [0.5, 0.6) is 0 Å². The molecule has 1 aromatic heterocycles. The van der Waals surface area contributed by atoms with Crippen molar-refractivity contribution in [3.05, 3.63) is 41.7 Å². The Bertz CT molecular complexity index is 394. The van der Waals surface area contributed by atoms with Crippen molar-refractivity contribution in [3.63, 3.8) is 0 Å². The molecule has 0 aliphatic heterocycles. The standard InChI is InChI=1S/C10H12N4/c1-8-4-2-3-5-9(8)6-11-10-12-7-13-14-10/h2-5,7H,6H2,1H3,(H2,11,12,13,14). The predicted octanol–water partition coefficient (Wildman–Crippen LogP) is 1.73. The number of aromatic amines is 1. The Hall–Kier alpha value is -1.84. The molecule has 1 heterocycles. The van der Waals surface area contributed by atoms with E-state index in [1.807, 2.05) is 12.1 Å². The van der Waals surface area contributed by atoms with Crippen molar-refractivity contribution in [2.75, 3.05) is 5.32 Å². The molecule has 14 heavy (non-hydrogen) atoms. The Balaban J connectivity index is 2.02. The van der Waals surface area contributed by atoms with Gasteiger partial charge in [-0.2, -0.15) is 0 Å². The molecule has 0 atom stereocenters. The minimum atomic E-state index is 0.633. The zero-order chi connectivity index (χ0) is 9.80. The van der Waals surface area contributed by atoms with E-state index in [4.69, 9.17) is 0 Å². The molecule has 0 bridgehead atoms. The smallest absolute Gasteiger partial charge is 0.242 e. The summed E-state index contributed by atoms with van der Waals surface area (Å²) in [5.74, 6) is 0.633. The average molecular weight is 188 g/mol. The monoisotopic (exact) mass is 188 g/mol. The van der Waals surface area contributed by atoms with Crippen LogP contribution >= 0.6 is 0 Å². The van der Waals surface area contributed by atoms with Gasteiger partial charge < -0.3 is 5.32 Å². The lowest BCUT2D eigenvalue weighted by atomic mass is 10.1. The zero-order valence-electron chi connectivity index (χ0n) is 7.99. The van der Waals surface area contributed by atoms with E-state index in [2.05, 4.69) is 39.6 Å². The Morgan fingerprint density at radius 1 is 1.36 bits per heavy atom. The molecule has 4 heteroatoms. The van der Waals surface area contributed by atoms with E-state index in [9.17, 15) is 0 Å². The van der Waals surface area contributed by atoms with Crippen molar-refractivity contribution in [2.45, 2.75) is 13.5 Å². The zero-order valence-corrected chi connectivity index (χ0v) is 7.99. The minimum absolute atomic E-state index is 0.633. The summed E-state index contributed by atoms with van der Waals surface area (Å²) in [6, 6.07) is 8.25. The summed E-state index contributed by atoms with van der Waals surface area (Å²) in [5.41, 5.74) is 2.54. The van der Waals surface area contributed by atoms with E-state index in [0.29, 0.717) is 5.95 Å². The van der Waals surface area contributed by atoms with Gasteiger partial charge in [-0.05, 0) is 18.1 Å². The largest absolute Gasteiger partial charge is 0.349 e. The predicted molar refractivity (Wildman–Crippen MR) is 54.9 cm³/mol. The highest BCUT2D eigenvalue weighted by Gasteiger charge is 1.98. The molecular weight excluding hydrogens is 176 g/mol. The van der Waals surface area contributed by atoms with Crippen LogP contribution in [0.15, 0.2) is 30.6 Å². The fourth-order valence-corrected chi connectivity index (χ4v) is 1.28. The second-order valence-electron chi connectivity index (χ2n) is 3.10. The molecule has 0 aliphatic carbocycles. The van der Waals surface area contributed by atoms with Crippen molar-refractivity contribution in [1.29, 1.82) is 0 Å². The van der Waals surface area contributed by atoms with Crippen LogP contribution in [-0.2, 0) is 6.54 Å². The van der Waals surface area contributed by atoms with Crippen molar-refractivity contribution in [3.8, 4) is 0 Å². The molecule has 0 amide bonds. The molecule has 0 spiro atoms. The van der Waals surface area contributed by atoms with Crippen LogP contribution in [0.2, 0.25) is 0 Å². The lowest BCUT2D eigenvalue weighted by Gasteiger charge is -2.04. The van der Waals surface area contributed by atoms with Crippen LogP contribution in [-0.4, -0.2) is 15.2 Å². The molecule has 0 fully saturated rings. The maximum atomic E-state index is 3.98. The second-order valence-corrected chi connectivity index (χ2v) is 3.10. The number of aromatic nitrogens is 3. The third-order valence-electron chi connectivity index (χ3n) is 2.11. The average Bonchev–Trinajstić information content (AvgIpc) is 2.69. The summed E-state index contributed by atoms with van der Waals surface area (Å²) in [6.07, 6.45) is 1.56. The third kappa shape index (κ3) is 1.90. The van der Waals surface area contributed by atoms with Gasteiger partial charge in [0.2, 0.25) is 5.95 Å². The Morgan fingerprint density at radius 3 is 2.93 bits per heavy atom. The number of anilines is 1. The molecule has 2 rings (SSSR count). The van der Waals surface area contributed by atoms with Gasteiger partial charge in [0.15, 0.2) is 0 Å². The maximum absolute atomic E-state index is 3.98. The van der Waals surface area contributed by atoms with Gasteiger partial charge in [-0.1, -0.05) is 24.3 Å². The minimum Gasteiger partial charge on any atom is -0.349 e. The van der Waals surface area contributed by atoms with Crippen LogP contribution in [0.4, 0.5) is 5.95 Å². The molecule has 0 aliphatic rings. The highest BCUT2D eigenvalue weighted by molar-refractivity contribution is 5.30. The number of hydrogen-bond donors (Lipinski definition) is 2. The normalized spacial score (nSPS) is 10.1. The molecule has 72 valence electrons. The van der Waals surface area contributed by atoms with Gasteiger partial charge in [-0.3, -0.25) is 5.10 Å². The summed E-state index contributed by atoms with van der Waals surface area (Å²) >= 11 is 0. The maximum Gasteiger partial charge on any atom is 0.242 e. The van der Waals surface area contributed by atoms with E-state index in [1.54, 1.807) is 6.33 Å². The van der Waals surface area contributed by atoms with E-state index in [0.717, 1.165) is 6.54 Å². The van der Waals surface area contributed by atoms with E-state index in [1.165, 1.54) is 11.1 Å². The lowest BCUT2D eigenvalue weighted by molar-refractivity contribution is 1.04. The van der Waals surface area contributed by atoms with Gasteiger partial charge in [0, 0.05) is 6.54 Å². The second kappa shape index (κ2) is 3.91. The molecule has 0 saturated carbocycles. The van der Waals surface area contributed by atoms with Gasteiger partial charge in [-0.15, -0.1) is 5.10 Å². The number of benzene rings is 1. The van der Waals surface area contributed by atoms with Crippen molar-refractivity contribution in [2.24, 2.45) is 0 Å². The molecule has 0 unspecified atom stereocenters. The number of aryl methyl sites for hydroxylation is 1. The first kappa shape index (κ1) is 8.74. The summed E-state index contributed by atoms with van der Waals surface area (Å²) in [6.45, 7) is 2.85. The van der Waals surface area contributed by atoms with Crippen LogP contribution in [0.25, 0.3) is 0 Å². The first-order chi connectivity index (χ1) is 6.86. The lowest BCUT2D eigenvalue weighted by Crippen LogP contribution is -2.02. The summed E-state index contributed by atoms with van der Waals surface area (Å²) < 4.78 is 0. The highest BCUT2D eigenvalue weighted by Crippen LogP contribution is 2.08. The first-order valence-corrected chi connectivity index (χ1v) is 4.50. The molecular formula is C10H12N4. The highest BCUT2D eigenvalue weighted by atomic mass is 15.3. The molecule has 2 aromatic rings. The number of rotatable bonds is 3. The number of hydrogen-bond acceptors (Lipinski definition) is 3. The van der Waals surface area contributed by atoms with Crippen molar-refractivity contribution < 1.29 is 0 Å². The van der Waals surface area contributed by atoms with Crippen LogP contribution in [0.1, 0.15) is 11.1 Å². The van der Waals surface area contributed by atoms with Gasteiger partial charge in [0.1, 0.15) is 6.33 Å². The van der Waals surface area contributed by atoms with Gasteiger partial charge in [0.05, 0.1) is 0 Å². The third-order valence-corrected chi connectivity index (χ3v) is 2.11. The summed E-state index contributed by atoms with van der Waals surface area (Å²) in [4.78, 5) is 3.98. The van der Waals surface area contributed by atoms with Crippen LogP contribution < -0.4 is 5.32 Å². The molecule has 4 nitrogen and oxygen atoms in total. The van der Waals surface area contributed by atoms with Gasteiger partial charge in [0.25, 0.3) is 0 Å². The number of nitrogens with one attached hydrogen (secondary N) is 2. The molecule has 1 aromatic carbocycles. The Labute approximate surface area is 82.4 Å². The summed E-state index contributed by atoms with van der Waals surface area (Å²) in [7, 11) is 0. The van der Waals surface area contributed by atoms with E-state index in [-0.39, 0.29) is 0 Å². The number of H-pyrrole nitrogens is 1. The topological polar surface area (TPSA) is 53.6 Å². The van der Waals surface area contributed by atoms with Crippen molar-refractivity contribution >= 4 is 5.95 Å². The Kier molecular flexibility index (Phi) is 2.44. The van der Waals surface area contributed by atoms with Gasteiger partial charge in [-0.25, -0.2) is 4.98 Å². The van der Waals surface area contributed by atoms with Crippen molar-refractivity contribution in [1.82, 2.24) is 15.2 Å². The van der Waals surface area contributed by atoms with E-state index < -0.39 is 0 Å². The van der Waals surface area contributed by atoms with E-state index >= 15 is 0 Å². The fraction of sp³-hybridized carbons (Fsp3) is 0.200. The first-order valence-electron chi connectivity index (χ1n) is 4.50. The quantitative estimate of drug-likeness (QED) is 0.771. The molecule has 0 radical (unpaired) electrons. The molecule has 0 saturated heterocycles. The number of nitrogens with zero attached hydrogens (tertiary/aromatic N) is 2. The summed E-state index contributed by atoms with van der Waals surface area (Å²) in [5, 5.41) is 9.70. The molecule has 2 N–H and O–H groups in total. The van der Waals surface area contributed by atoms with Crippen LogP contribution in [0, 0.1) is 6.92 Å². The SMILES string of the molecule is Cc1ccccc1CNc1nc[nH]n1. The fourth-order valence-electron chi connectivity index (χ4n) is 1.28. The Morgan fingerprint density at radius 2 is 2.21 bits per heavy atom.